The molecule has 5 nitrogen and oxygen atoms in total. The van der Waals surface area contributed by atoms with E-state index >= 15 is 0 Å². The fourth-order valence-corrected chi connectivity index (χ4v) is 3.13. The highest BCUT2D eigenvalue weighted by atomic mass is 35.5. The maximum atomic E-state index is 12.1. The molecule has 2 N–H and O–H groups in total. The summed E-state index contributed by atoms with van der Waals surface area (Å²) in [5, 5.41) is 1.04. The zero-order valence-electron chi connectivity index (χ0n) is 12.4. The van der Waals surface area contributed by atoms with Crippen molar-refractivity contribution in [2.45, 2.75) is 6.42 Å². The van der Waals surface area contributed by atoms with Crippen LogP contribution in [0.2, 0.25) is 15.1 Å². The van der Waals surface area contributed by atoms with Gasteiger partial charge >= 0.3 is 0 Å². The molecule has 0 saturated carbocycles. The monoisotopic (exact) mass is 386 g/mol. The van der Waals surface area contributed by atoms with Crippen molar-refractivity contribution < 1.29 is 14.3 Å². The number of halogens is 3. The highest BCUT2D eigenvalue weighted by Crippen LogP contribution is 2.33. The number of hydrogen-bond donors (Lipinski definition) is 2. The summed E-state index contributed by atoms with van der Waals surface area (Å²) in [6, 6.07) is 8.46. The van der Waals surface area contributed by atoms with Gasteiger partial charge in [-0.25, -0.2) is 0 Å². The maximum absolute atomic E-state index is 12.1. The number of rotatable bonds is 4. The van der Waals surface area contributed by atoms with Gasteiger partial charge in [0, 0.05) is 5.02 Å². The zero-order chi connectivity index (χ0) is 17.1. The molecule has 0 saturated heterocycles. The second-order valence-corrected chi connectivity index (χ2v) is 6.32. The van der Waals surface area contributed by atoms with Gasteiger partial charge < -0.3 is 9.47 Å². The molecule has 0 aliphatic carbocycles. The van der Waals surface area contributed by atoms with Crippen LogP contribution in [0.25, 0.3) is 0 Å². The first-order valence-electron chi connectivity index (χ1n) is 7.11. The molecule has 126 valence electrons. The summed E-state index contributed by atoms with van der Waals surface area (Å²) in [5.41, 5.74) is 6.45. The molecule has 0 unspecified atom stereocenters. The number of hydrazine groups is 1. The van der Waals surface area contributed by atoms with Crippen LogP contribution in [0.3, 0.4) is 0 Å². The quantitative estimate of drug-likeness (QED) is 0.775. The highest BCUT2D eigenvalue weighted by molar-refractivity contribution is 6.41. The standard InChI is InChI=1S/C16H13Cl3N2O3/c17-10-7-11(18)16(12(19)8-10)21-20-15(22)6-9-1-2-13-14(5-9)24-4-3-23-13/h1-2,5,7-8,21H,3-4,6H2,(H,20,22). The first-order valence-corrected chi connectivity index (χ1v) is 8.24. The molecule has 1 amide bonds. The average Bonchev–Trinajstić information content (AvgIpc) is 2.53. The van der Waals surface area contributed by atoms with Crippen LogP contribution in [-0.2, 0) is 11.2 Å². The fourth-order valence-electron chi connectivity index (χ4n) is 2.22. The minimum absolute atomic E-state index is 0.159. The Morgan fingerprint density at radius 1 is 1.00 bits per heavy atom. The molecule has 0 radical (unpaired) electrons. The van der Waals surface area contributed by atoms with E-state index in [0.717, 1.165) is 5.56 Å². The van der Waals surface area contributed by atoms with E-state index in [1.165, 1.54) is 12.1 Å². The normalized spacial score (nSPS) is 12.6. The summed E-state index contributed by atoms with van der Waals surface area (Å²) in [4.78, 5) is 12.1. The SMILES string of the molecule is O=C(Cc1ccc2c(c1)OCCO2)NNc1c(Cl)cc(Cl)cc1Cl. The molecule has 0 atom stereocenters. The van der Waals surface area contributed by atoms with E-state index in [0.29, 0.717) is 45.5 Å². The zero-order valence-corrected chi connectivity index (χ0v) is 14.6. The lowest BCUT2D eigenvalue weighted by molar-refractivity contribution is -0.119. The summed E-state index contributed by atoms with van der Waals surface area (Å²) in [6.07, 6.45) is 0.159. The number of benzene rings is 2. The lowest BCUT2D eigenvalue weighted by Crippen LogP contribution is -2.31. The molecule has 24 heavy (non-hydrogen) atoms. The number of carbonyl (C=O) groups excluding carboxylic acids is 1. The predicted molar refractivity (Wildman–Crippen MR) is 94.4 cm³/mol. The fraction of sp³-hybridized carbons (Fsp3) is 0.188. The van der Waals surface area contributed by atoms with Gasteiger partial charge in [0.1, 0.15) is 13.2 Å². The largest absolute Gasteiger partial charge is 0.486 e. The van der Waals surface area contributed by atoms with Crippen molar-refractivity contribution in [2.75, 3.05) is 18.6 Å². The molecule has 2 aromatic carbocycles. The van der Waals surface area contributed by atoms with E-state index in [1.54, 1.807) is 12.1 Å². The molecule has 1 aliphatic rings. The van der Waals surface area contributed by atoms with Crippen LogP contribution < -0.4 is 20.3 Å². The summed E-state index contributed by atoms with van der Waals surface area (Å²) < 4.78 is 10.9. The van der Waals surface area contributed by atoms with E-state index in [9.17, 15) is 4.79 Å². The van der Waals surface area contributed by atoms with Gasteiger partial charge in [0.2, 0.25) is 5.91 Å². The van der Waals surface area contributed by atoms with E-state index in [1.807, 2.05) is 6.07 Å². The third kappa shape index (κ3) is 3.98. The average molecular weight is 388 g/mol. The lowest BCUT2D eigenvalue weighted by atomic mass is 10.1. The summed E-state index contributed by atoms with van der Waals surface area (Å²) in [6.45, 7) is 1.02. The first-order chi connectivity index (χ1) is 11.5. The van der Waals surface area contributed by atoms with Gasteiger partial charge in [0.25, 0.3) is 0 Å². The second-order valence-electron chi connectivity index (χ2n) is 5.07. The molecule has 1 heterocycles. The van der Waals surface area contributed by atoms with Crippen molar-refractivity contribution >= 4 is 46.4 Å². The Balaban J connectivity index is 1.62. The van der Waals surface area contributed by atoms with E-state index in [4.69, 9.17) is 44.3 Å². The van der Waals surface area contributed by atoms with Gasteiger partial charge in [0.05, 0.1) is 22.2 Å². The number of fused-ring (bicyclic) bond motifs is 1. The molecule has 1 aliphatic heterocycles. The van der Waals surface area contributed by atoms with E-state index in [2.05, 4.69) is 10.9 Å². The maximum Gasteiger partial charge on any atom is 0.242 e. The van der Waals surface area contributed by atoms with Gasteiger partial charge in [-0.2, -0.15) is 0 Å². The summed E-state index contributed by atoms with van der Waals surface area (Å²) in [7, 11) is 0. The van der Waals surface area contributed by atoms with Crippen LogP contribution in [0, 0.1) is 0 Å². The minimum atomic E-state index is -0.256. The first kappa shape index (κ1) is 17.0. The Labute approximate surface area is 153 Å². The third-order valence-corrected chi connectivity index (χ3v) is 4.12. The summed E-state index contributed by atoms with van der Waals surface area (Å²) >= 11 is 17.9. The smallest absolute Gasteiger partial charge is 0.242 e. The number of nitrogens with one attached hydrogen (secondary N) is 2. The number of amides is 1. The van der Waals surface area contributed by atoms with Crippen LogP contribution in [0.5, 0.6) is 11.5 Å². The summed E-state index contributed by atoms with van der Waals surface area (Å²) in [5.74, 6) is 1.07. The second kappa shape index (κ2) is 7.38. The van der Waals surface area contributed by atoms with Gasteiger partial charge in [0.15, 0.2) is 11.5 Å². The molecule has 0 fully saturated rings. The molecular weight excluding hydrogens is 375 g/mol. The van der Waals surface area contributed by atoms with Crippen molar-refractivity contribution in [3.8, 4) is 11.5 Å². The minimum Gasteiger partial charge on any atom is -0.486 e. The lowest BCUT2D eigenvalue weighted by Gasteiger charge is -2.19. The Kier molecular flexibility index (Phi) is 5.23. The van der Waals surface area contributed by atoms with Crippen molar-refractivity contribution in [2.24, 2.45) is 0 Å². The van der Waals surface area contributed by atoms with Crippen molar-refractivity contribution in [3.63, 3.8) is 0 Å². The Morgan fingerprint density at radius 2 is 1.67 bits per heavy atom. The van der Waals surface area contributed by atoms with Crippen LogP contribution in [-0.4, -0.2) is 19.1 Å². The number of carbonyl (C=O) groups is 1. The van der Waals surface area contributed by atoms with Crippen molar-refractivity contribution in [3.05, 3.63) is 51.0 Å². The van der Waals surface area contributed by atoms with Gasteiger partial charge in [-0.1, -0.05) is 40.9 Å². The molecule has 0 aromatic heterocycles. The third-order valence-electron chi connectivity index (χ3n) is 3.31. The van der Waals surface area contributed by atoms with Crippen LogP contribution >= 0.6 is 34.8 Å². The predicted octanol–water partition coefficient (Wildman–Crippen LogP) is 4.10. The molecule has 0 spiro atoms. The topological polar surface area (TPSA) is 59.6 Å². The number of hydrogen-bond acceptors (Lipinski definition) is 4. The van der Waals surface area contributed by atoms with Crippen LogP contribution in [0.4, 0.5) is 5.69 Å². The Hall–Kier alpha value is -1.82. The molecule has 2 aromatic rings. The van der Waals surface area contributed by atoms with Gasteiger partial charge in [-0.05, 0) is 29.8 Å². The molecule has 8 heteroatoms. The van der Waals surface area contributed by atoms with E-state index < -0.39 is 0 Å². The molecule has 3 rings (SSSR count). The molecular formula is C16H13Cl3N2O3. The highest BCUT2D eigenvalue weighted by Gasteiger charge is 2.14. The van der Waals surface area contributed by atoms with E-state index in [-0.39, 0.29) is 12.3 Å². The Morgan fingerprint density at radius 3 is 2.38 bits per heavy atom. The Bertz CT molecular complexity index is 760. The van der Waals surface area contributed by atoms with Crippen LogP contribution in [0.1, 0.15) is 5.56 Å². The van der Waals surface area contributed by atoms with Crippen molar-refractivity contribution in [1.29, 1.82) is 0 Å². The van der Waals surface area contributed by atoms with Gasteiger partial charge in [-0.3, -0.25) is 15.6 Å². The number of ether oxygens (including phenoxy) is 2. The van der Waals surface area contributed by atoms with Crippen molar-refractivity contribution in [1.82, 2.24) is 5.43 Å². The van der Waals surface area contributed by atoms with Gasteiger partial charge in [-0.15, -0.1) is 0 Å². The van der Waals surface area contributed by atoms with Crippen LogP contribution in [0.15, 0.2) is 30.3 Å². The molecule has 0 bridgehead atoms. The number of anilines is 1.